The highest BCUT2D eigenvalue weighted by atomic mass is 19.1. The van der Waals surface area contributed by atoms with Crippen molar-refractivity contribution in [3.05, 3.63) is 119 Å². The zero-order chi connectivity index (χ0) is 29.1. The monoisotopic (exact) mass is 556 g/mol. The van der Waals surface area contributed by atoms with Gasteiger partial charge in [-0.2, -0.15) is 0 Å². The molecule has 1 aliphatic rings. The van der Waals surface area contributed by atoms with Crippen LogP contribution in [0.1, 0.15) is 60.3 Å². The van der Waals surface area contributed by atoms with Gasteiger partial charge in [-0.25, -0.2) is 4.39 Å². The van der Waals surface area contributed by atoms with Crippen molar-refractivity contribution in [2.24, 2.45) is 0 Å². The summed E-state index contributed by atoms with van der Waals surface area (Å²) in [6, 6.07) is 25.5. The Morgan fingerprint density at radius 3 is 2.59 bits per heavy atom. The van der Waals surface area contributed by atoms with Gasteiger partial charge in [0.1, 0.15) is 23.9 Å². The van der Waals surface area contributed by atoms with E-state index in [-0.39, 0.29) is 18.5 Å². The van der Waals surface area contributed by atoms with E-state index in [9.17, 15) is 9.90 Å². The van der Waals surface area contributed by atoms with Crippen LogP contribution in [-0.4, -0.2) is 23.3 Å². The number of carboxylic acids is 1. The summed E-state index contributed by atoms with van der Waals surface area (Å²) >= 11 is 0. The van der Waals surface area contributed by atoms with E-state index in [1.54, 1.807) is 43.5 Å². The summed E-state index contributed by atoms with van der Waals surface area (Å²) in [5.74, 6) is -0.389. The molecule has 0 fully saturated rings. The van der Waals surface area contributed by atoms with Crippen LogP contribution in [-0.2, 0) is 28.2 Å². The van der Waals surface area contributed by atoms with Crippen molar-refractivity contribution in [3.63, 3.8) is 0 Å². The minimum Gasteiger partial charge on any atom is -0.497 e. The zero-order valence-electron chi connectivity index (χ0n) is 23.3. The molecule has 0 saturated carbocycles. The van der Waals surface area contributed by atoms with Crippen molar-refractivity contribution in [2.45, 2.75) is 51.1 Å². The Morgan fingerprint density at radius 1 is 1.00 bits per heavy atom. The molecular formula is C34H33FO6. The number of rotatable bonds is 9. The van der Waals surface area contributed by atoms with Gasteiger partial charge in [0, 0.05) is 11.0 Å². The Hall–Kier alpha value is -4.20. The molecule has 0 aliphatic carbocycles. The average Bonchev–Trinajstić information content (AvgIpc) is 2.96. The molecule has 1 aliphatic heterocycles. The molecule has 4 aromatic carbocycles. The minimum atomic E-state index is -1.13. The van der Waals surface area contributed by atoms with Crippen LogP contribution >= 0.6 is 0 Å². The number of benzene rings is 4. The quantitative estimate of drug-likeness (QED) is 0.228. The second-order valence-electron chi connectivity index (χ2n) is 10.8. The lowest BCUT2D eigenvalue weighted by atomic mass is 9.72. The SMILES string of the molecule is COc1ccc(F)c(-c2ccc(COc3cccc([C@H](O)CC(=O)O)c3)cc2[C@H]2OCc3ccccc3C2(C)C)c1. The van der Waals surface area contributed by atoms with E-state index in [4.69, 9.17) is 19.3 Å². The highest BCUT2D eigenvalue weighted by Gasteiger charge is 2.40. The number of aliphatic carboxylic acids is 1. The van der Waals surface area contributed by atoms with Crippen LogP contribution in [0.5, 0.6) is 11.5 Å². The number of carbonyl (C=O) groups is 1. The number of methoxy groups -OCH3 is 1. The first-order valence-electron chi connectivity index (χ1n) is 13.5. The van der Waals surface area contributed by atoms with E-state index < -0.39 is 23.9 Å². The third-order valence-corrected chi connectivity index (χ3v) is 7.65. The van der Waals surface area contributed by atoms with E-state index in [1.807, 2.05) is 30.3 Å². The summed E-state index contributed by atoms with van der Waals surface area (Å²) in [6.45, 7) is 4.92. The van der Waals surface area contributed by atoms with Crippen LogP contribution in [0.15, 0.2) is 84.9 Å². The van der Waals surface area contributed by atoms with E-state index in [0.717, 1.165) is 16.7 Å². The van der Waals surface area contributed by atoms with Crippen LogP contribution in [0.3, 0.4) is 0 Å². The molecule has 0 spiro atoms. The zero-order valence-corrected chi connectivity index (χ0v) is 23.3. The molecular weight excluding hydrogens is 523 g/mol. The molecule has 0 aromatic heterocycles. The molecule has 41 heavy (non-hydrogen) atoms. The fourth-order valence-corrected chi connectivity index (χ4v) is 5.54. The second-order valence-corrected chi connectivity index (χ2v) is 10.8. The van der Waals surface area contributed by atoms with Gasteiger partial charge in [-0.05, 0) is 69.8 Å². The number of carboxylic acid groups (broad SMARTS) is 1. The highest BCUT2D eigenvalue weighted by Crippen LogP contribution is 2.48. The third kappa shape index (κ3) is 5.97. The molecule has 212 valence electrons. The number of hydrogen-bond acceptors (Lipinski definition) is 5. The summed E-state index contributed by atoms with van der Waals surface area (Å²) in [5.41, 5.74) is 5.19. The topological polar surface area (TPSA) is 85.2 Å². The van der Waals surface area contributed by atoms with E-state index >= 15 is 4.39 Å². The van der Waals surface area contributed by atoms with Gasteiger partial charge in [-0.15, -0.1) is 0 Å². The smallest absolute Gasteiger partial charge is 0.306 e. The molecule has 5 rings (SSSR count). The third-order valence-electron chi connectivity index (χ3n) is 7.65. The Kier molecular flexibility index (Phi) is 8.10. The molecule has 6 nitrogen and oxygen atoms in total. The predicted molar refractivity (Wildman–Crippen MR) is 153 cm³/mol. The fourth-order valence-electron chi connectivity index (χ4n) is 5.54. The molecule has 2 atom stereocenters. The van der Waals surface area contributed by atoms with Gasteiger partial charge in [0.2, 0.25) is 0 Å². The Bertz CT molecular complexity index is 1560. The largest absolute Gasteiger partial charge is 0.497 e. The number of aliphatic hydroxyl groups excluding tert-OH is 1. The number of aliphatic hydroxyl groups is 1. The summed E-state index contributed by atoms with van der Waals surface area (Å²) in [5, 5.41) is 19.2. The molecule has 0 radical (unpaired) electrons. The van der Waals surface area contributed by atoms with E-state index in [1.165, 1.54) is 11.6 Å². The standard InChI is InChI=1S/C34H33FO6/c1-34(2)29-10-5-4-7-23(29)20-41-33(34)28-15-21(11-13-26(28)27-17-24(39-3)12-14-30(27)35)19-40-25-9-6-8-22(16-25)31(36)18-32(37)38/h4-17,31,33,36H,18-20H2,1-3H3,(H,37,38)/t31-,33-/m1/s1. The highest BCUT2D eigenvalue weighted by molar-refractivity contribution is 5.71. The molecule has 0 bridgehead atoms. The van der Waals surface area contributed by atoms with Crippen molar-refractivity contribution in [2.75, 3.05) is 7.11 Å². The normalized spacial score (nSPS) is 16.5. The first-order chi connectivity index (χ1) is 19.7. The molecule has 0 unspecified atom stereocenters. The number of halogens is 1. The lowest BCUT2D eigenvalue weighted by Gasteiger charge is -2.41. The van der Waals surface area contributed by atoms with Gasteiger partial charge in [-0.3, -0.25) is 4.79 Å². The van der Waals surface area contributed by atoms with Crippen molar-refractivity contribution < 1.29 is 33.6 Å². The van der Waals surface area contributed by atoms with Crippen molar-refractivity contribution >= 4 is 5.97 Å². The van der Waals surface area contributed by atoms with Crippen molar-refractivity contribution in [1.29, 1.82) is 0 Å². The number of ether oxygens (including phenoxy) is 3. The van der Waals surface area contributed by atoms with Crippen molar-refractivity contribution in [1.82, 2.24) is 0 Å². The maximum atomic E-state index is 15.2. The van der Waals surface area contributed by atoms with Crippen LogP contribution in [0.2, 0.25) is 0 Å². The van der Waals surface area contributed by atoms with E-state index in [2.05, 4.69) is 26.0 Å². The lowest BCUT2D eigenvalue weighted by molar-refractivity contribution is -0.139. The molecule has 0 amide bonds. The Labute approximate surface area is 239 Å². The van der Waals surface area contributed by atoms with Gasteiger partial charge < -0.3 is 24.4 Å². The second kappa shape index (κ2) is 11.7. The Balaban J connectivity index is 1.52. The van der Waals surface area contributed by atoms with Crippen LogP contribution < -0.4 is 9.47 Å². The number of hydrogen-bond donors (Lipinski definition) is 2. The first kappa shape index (κ1) is 28.3. The van der Waals surface area contributed by atoms with Gasteiger partial charge in [0.15, 0.2) is 0 Å². The summed E-state index contributed by atoms with van der Waals surface area (Å²) < 4.78 is 33.2. The summed E-state index contributed by atoms with van der Waals surface area (Å²) in [6.07, 6.45) is -1.89. The average molecular weight is 557 g/mol. The predicted octanol–water partition coefficient (Wildman–Crippen LogP) is 7.14. The summed E-state index contributed by atoms with van der Waals surface area (Å²) in [4.78, 5) is 11.0. The minimum absolute atomic E-state index is 0.204. The van der Waals surface area contributed by atoms with E-state index in [0.29, 0.717) is 34.8 Å². The summed E-state index contributed by atoms with van der Waals surface area (Å²) in [7, 11) is 1.55. The molecule has 4 aromatic rings. The Morgan fingerprint density at radius 2 is 1.80 bits per heavy atom. The molecule has 7 heteroatoms. The maximum Gasteiger partial charge on any atom is 0.306 e. The maximum absolute atomic E-state index is 15.2. The van der Waals surface area contributed by atoms with Crippen LogP contribution in [0.25, 0.3) is 11.1 Å². The lowest BCUT2D eigenvalue weighted by Crippen LogP contribution is -2.34. The van der Waals surface area contributed by atoms with Crippen molar-refractivity contribution in [3.8, 4) is 22.6 Å². The van der Waals surface area contributed by atoms with Gasteiger partial charge in [0.25, 0.3) is 0 Å². The fraction of sp³-hybridized carbons (Fsp3) is 0.265. The van der Waals surface area contributed by atoms with Crippen LogP contribution in [0, 0.1) is 5.82 Å². The number of fused-ring (bicyclic) bond motifs is 1. The molecule has 1 heterocycles. The van der Waals surface area contributed by atoms with Crippen LogP contribution in [0.4, 0.5) is 4.39 Å². The molecule has 0 saturated heterocycles. The first-order valence-corrected chi connectivity index (χ1v) is 13.5. The van der Waals surface area contributed by atoms with Gasteiger partial charge in [0.05, 0.1) is 32.3 Å². The molecule has 2 N–H and O–H groups in total. The van der Waals surface area contributed by atoms with Gasteiger partial charge in [-0.1, -0.05) is 62.4 Å². The van der Waals surface area contributed by atoms with Gasteiger partial charge >= 0.3 is 5.97 Å².